The first kappa shape index (κ1) is 19.0. The van der Waals surface area contributed by atoms with Gasteiger partial charge in [0.05, 0.1) is 6.04 Å². The molecule has 6 nitrogen and oxygen atoms in total. The van der Waals surface area contributed by atoms with Crippen molar-refractivity contribution in [3.63, 3.8) is 0 Å². The van der Waals surface area contributed by atoms with Crippen molar-refractivity contribution in [3.8, 4) is 0 Å². The van der Waals surface area contributed by atoms with E-state index in [9.17, 15) is 4.79 Å². The SMILES string of the molecule is Cl.Cl.O=C([C@@H]1CCCN1)N1CCCC(c2nnc3ccccn23)C1. The van der Waals surface area contributed by atoms with Gasteiger partial charge in [0.1, 0.15) is 5.82 Å². The van der Waals surface area contributed by atoms with Gasteiger partial charge in [-0.15, -0.1) is 35.0 Å². The van der Waals surface area contributed by atoms with Gasteiger partial charge >= 0.3 is 0 Å². The number of halogens is 2. The Labute approximate surface area is 153 Å². The maximum absolute atomic E-state index is 12.6. The summed E-state index contributed by atoms with van der Waals surface area (Å²) in [5, 5.41) is 11.9. The molecular formula is C16H23Cl2N5O. The van der Waals surface area contributed by atoms with Gasteiger partial charge in [-0.05, 0) is 44.4 Å². The zero-order chi connectivity index (χ0) is 14.9. The molecule has 8 heteroatoms. The summed E-state index contributed by atoms with van der Waals surface area (Å²) >= 11 is 0. The third-order valence-electron chi connectivity index (χ3n) is 4.80. The molecule has 2 saturated heterocycles. The van der Waals surface area contributed by atoms with Crippen molar-refractivity contribution in [1.82, 2.24) is 24.8 Å². The molecule has 1 N–H and O–H groups in total. The molecule has 1 unspecified atom stereocenters. The molecule has 2 atom stereocenters. The molecule has 132 valence electrons. The Kier molecular flexibility index (Phi) is 6.43. The minimum atomic E-state index is 0. The Bertz CT molecular complexity index is 686. The normalized spacial score (nSPS) is 23.6. The van der Waals surface area contributed by atoms with E-state index in [4.69, 9.17) is 0 Å². The highest BCUT2D eigenvalue weighted by atomic mass is 35.5. The van der Waals surface area contributed by atoms with Crippen LogP contribution in [-0.4, -0.2) is 51.1 Å². The maximum atomic E-state index is 12.6. The van der Waals surface area contributed by atoms with Crippen LogP contribution in [0.4, 0.5) is 0 Å². The molecule has 2 aliphatic heterocycles. The van der Waals surface area contributed by atoms with E-state index < -0.39 is 0 Å². The summed E-state index contributed by atoms with van der Waals surface area (Å²) in [7, 11) is 0. The average Bonchev–Trinajstić information content (AvgIpc) is 3.24. The number of hydrogen-bond acceptors (Lipinski definition) is 4. The fraction of sp³-hybridized carbons (Fsp3) is 0.562. The third kappa shape index (κ3) is 3.50. The van der Waals surface area contributed by atoms with Crippen LogP contribution >= 0.6 is 24.8 Å². The molecule has 0 radical (unpaired) electrons. The van der Waals surface area contributed by atoms with E-state index in [-0.39, 0.29) is 42.7 Å². The van der Waals surface area contributed by atoms with Crippen LogP contribution in [0, 0.1) is 0 Å². The van der Waals surface area contributed by atoms with Crippen LogP contribution in [0.2, 0.25) is 0 Å². The van der Waals surface area contributed by atoms with Crippen LogP contribution in [0.15, 0.2) is 24.4 Å². The summed E-state index contributed by atoms with van der Waals surface area (Å²) in [6, 6.07) is 5.95. The number of nitrogens with zero attached hydrogens (tertiary/aromatic N) is 4. The first-order chi connectivity index (χ1) is 10.8. The smallest absolute Gasteiger partial charge is 0.239 e. The highest BCUT2D eigenvalue weighted by Crippen LogP contribution is 2.27. The number of nitrogens with one attached hydrogen (secondary N) is 1. The third-order valence-corrected chi connectivity index (χ3v) is 4.80. The molecule has 0 aliphatic carbocycles. The second-order valence-corrected chi connectivity index (χ2v) is 6.26. The second kappa shape index (κ2) is 8.14. The minimum absolute atomic E-state index is 0. The number of carbonyl (C=O) groups is 1. The molecule has 0 bridgehead atoms. The van der Waals surface area contributed by atoms with Crippen LogP contribution in [0.5, 0.6) is 0 Å². The van der Waals surface area contributed by atoms with E-state index in [2.05, 4.69) is 15.5 Å². The van der Waals surface area contributed by atoms with Crippen LogP contribution in [0.25, 0.3) is 5.65 Å². The Morgan fingerprint density at radius 3 is 2.83 bits per heavy atom. The molecule has 2 aliphatic rings. The summed E-state index contributed by atoms with van der Waals surface area (Å²) in [6.45, 7) is 2.58. The molecule has 2 fully saturated rings. The number of rotatable bonds is 2. The van der Waals surface area contributed by atoms with Gasteiger partial charge in [0.15, 0.2) is 5.65 Å². The van der Waals surface area contributed by atoms with E-state index >= 15 is 0 Å². The quantitative estimate of drug-likeness (QED) is 0.876. The van der Waals surface area contributed by atoms with Crippen molar-refractivity contribution in [2.24, 2.45) is 0 Å². The largest absolute Gasteiger partial charge is 0.341 e. The Morgan fingerprint density at radius 2 is 2.04 bits per heavy atom. The van der Waals surface area contributed by atoms with Gasteiger partial charge in [-0.25, -0.2) is 0 Å². The van der Waals surface area contributed by atoms with Crippen molar-refractivity contribution in [3.05, 3.63) is 30.2 Å². The van der Waals surface area contributed by atoms with Crippen molar-refractivity contribution in [2.45, 2.75) is 37.6 Å². The molecule has 4 heterocycles. The summed E-state index contributed by atoms with van der Waals surface area (Å²) in [5.41, 5.74) is 0.874. The fourth-order valence-electron chi connectivity index (χ4n) is 3.64. The predicted molar refractivity (Wildman–Crippen MR) is 97.1 cm³/mol. The van der Waals surface area contributed by atoms with E-state index in [0.717, 1.165) is 56.8 Å². The molecule has 4 rings (SSSR count). The number of likely N-dealkylation sites (tertiary alicyclic amines) is 1. The van der Waals surface area contributed by atoms with Crippen LogP contribution < -0.4 is 5.32 Å². The van der Waals surface area contributed by atoms with Crippen molar-refractivity contribution in [2.75, 3.05) is 19.6 Å². The van der Waals surface area contributed by atoms with Gasteiger partial charge in [-0.2, -0.15) is 0 Å². The highest BCUT2D eigenvalue weighted by Gasteiger charge is 2.32. The Morgan fingerprint density at radius 1 is 1.17 bits per heavy atom. The van der Waals surface area contributed by atoms with Crippen LogP contribution in [-0.2, 0) is 4.79 Å². The van der Waals surface area contributed by atoms with Gasteiger partial charge in [-0.1, -0.05) is 6.07 Å². The van der Waals surface area contributed by atoms with Gasteiger partial charge in [-0.3, -0.25) is 9.20 Å². The van der Waals surface area contributed by atoms with E-state index in [1.54, 1.807) is 0 Å². The molecule has 0 aromatic carbocycles. The molecule has 2 aromatic heterocycles. The van der Waals surface area contributed by atoms with Crippen molar-refractivity contribution in [1.29, 1.82) is 0 Å². The number of aromatic nitrogens is 3. The molecule has 0 spiro atoms. The van der Waals surface area contributed by atoms with E-state index in [0.29, 0.717) is 0 Å². The Balaban J connectivity index is 0.00000104. The first-order valence-electron chi connectivity index (χ1n) is 8.15. The lowest BCUT2D eigenvalue weighted by Crippen LogP contribution is -2.47. The standard InChI is InChI=1S/C16H21N5O.2ClH/c22-16(13-6-3-8-17-13)20-9-4-5-12(11-20)15-19-18-14-7-1-2-10-21(14)15;;/h1-2,7,10,12-13,17H,3-6,8-9,11H2;2*1H/t12?,13-;;/m0../s1. The number of pyridine rings is 1. The van der Waals surface area contributed by atoms with Crippen LogP contribution in [0.3, 0.4) is 0 Å². The second-order valence-electron chi connectivity index (χ2n) is 6.26. The van der Waals surface area contributed by atoms with Crippen molar-refractivity contribution < 1.29 is 4.79 Å². The Hall–Kier alpha value is -1.37. The zero-order valence-corrected chi connectivity index (χ0v) is 15.1. The van der Waals surface area contributed by atoms with Gasteiger partial charge in [0.2, 0.25) is 5.91 Å². The first-order valence-corrected chi connectivity index (χ1v) is 8.15. The zero-order valence-electron chi connectivity index (χ0n) is 13.4. The van der Waals surface area contributed by atoms with E-state index in [1.165, 1.54) is 0 Å². The number of hydrogen-bond donors (Lipinski definition) is 1. The highest BCUT2D eigenvalue weighted by molar-refractivity contribution is 5.85. The topological polar surface area (TPSA) is 62.5 Å². The lowest BCUT2D eigenvalue weighted by atomic mass is 9.96. The minimum Gasteiger partial charge on any atom is -0.341 e. The fourth-order valence-corrected chi connectivity index (χ4v) is 3.64. The summed E-state index contributed by atoms with van der Waals surface area (Å²) in [5.74, 6) is 1.51. The summed E-state index contributed by atoms with van der Waals surface area (Å²) < 4.78 is 2.05. The van der Waals surface area contributed by atoms with E-state index in [1.807, 2.05) is 33.7 Å². The number of fused-ring (bicyclic) bond motifs is 1. The molecule has 1 amide bonds. The molecule has 0 saturated carbocycles. The molecule has 24 heavy (non-hydrogen) atoms. The predicted octanol–water partition coefficient (Wildman–Crippen LogP) is 2.03. The molecular weight excluding hydrogens is 349 g/mol. The number of amides is 1. The maximum Gasteiger partial charge on any atom is 0.239 e. The summed E-state index contributed by atoms with van der Waals surface area (Å²) in [4.78, 5) is 14.6. The van der Waals surface area contributed by atoms with Gasteiger partial charge in [0.25, 0.3) is 0 Å². The van der Waals surface area contributed by atoms with Crippen LogP contribution in [0.1, 0.15) is 37.4 Å². The molecule has 2 aromatic rings. The summed E-state index contributed by atoms with van der Waals surface area (Å²) in [6.07, 6.45) is 6.17. The number of piperidine rings is 1. The van der Waals surface area contributed by atoms with Gasteiger partial charge in [0, 0.05) is 25.2 Å². The lowest BCUT2D eigenvalue weighted by molar-refractivity contribution is -0.134. The lowest BCUT2D eigenvalue weighted by Gasteiger charge is -2.33. The number of carbonyl (C=O) groups excluding carboxylic acids is 1. The monoisotopic (exact) mass is 371 g/mol. The average molecular weight is 372 g/mol. The van der Waals surface area contributed by atoms with Gasteiger partial charge < -0.3 is 10.2 Å². The van der Waals surface area contributed by atoms with Crippen molar-refractivity contribution >= 4 is 36.4 Å².